The van der Waals surface area contributed by atoms with E-state index in [9.17, 15) is 22.7 Å². The van der Waals surface area contributed by atoms with Gasteiger partial charge in [0.2, 0.25) is 16.4 Å². The summed E-state index contributed by atoms with van der Waals surface area (Å²) in [5.74, 6) is -0.138. The Hall–Kier alpha value is -2.60. The lowest BCUT2D eigenvalue weighted by Crippen LogP contribution is -2.48. The average molecular weight is 549 g/mol. The molecule has 0 bridgehead atoms. The second kappa shape index (κ2) is 11.8. The lowest BCUT2D eigenvalue weighted by Gasteiger charge is -2.29. The molecule has 1 aliphatic carbocycles. The van der Waals surface area contributed by atoms with Gasteiger partial charge < -0.3 is 15.7 Å². The van der Waals surface area contributed by atoms with Gasteiger partial charge in [0, 0.05) is 19.1 Å². The summed E-state index contributed by atoms with van der Waals surface area (Å²) in [6.07, 6.45) is 2.36. The lowest BCUT2D eigenvalue weighted by molar-refractivity contribution is -0.111. The van der Waals surface area contributed by atoms with Crippen LogP contribution in [0.15, 0.2) is 47.4 Å². The first-order valence-electron chi connectivity index (χ1n) is 12.4. The minimum absolute atomic E-state index is 0.135. The number of thiazole rings is 1. The summed E-state index contributed by atoms with van der Waals surface area (Å²) in [6.45, 7) is 4.03. The van der Waals surface area contributed by atoms with Crippen LogP contribution in [0.25, 0.3) is 10.2 Å². The van der Waals surface area contributed by atoms with Crippen molar-refractivity contribution in [1.82, 2.24) is 14.6 Å². The third-order valence-corrected chi connectivity index (χ3v) is 9.18. The summed E-state index contributed by atoms with van der Waals surface area (Å²) in [5, 5.41) is 17.8. The third-order valence-electron chi connectivity index (χ3n) is 6.36. The molecule has 11 heteroatoms. The number of hydrogen-bond acceptors (Lipinski definition) is 7. The van der Waals surface area contributed by atoms with E-state index in [1.54, 1.807) is 30.3 Å². The van der Waals surface area contributed by atoms with E-state index in [2.05, 4.69) is 15.6 Å². The standard InChI is InChI=1S/C26H33FN4O4S2/c1-17(2)11-12-31(15-24(33)23(28-16-32)13-18-3-5-19(27)6-4-18)37(34,35)21-9-10-22-25(14-21)36-26(30-22)29-20-7-8-20/h3-6,9-10,14,16-17,20,23-24,33H,7-8,11-13,15H2,1-2H3,(H,28,32)(H,29,30)/t23-,24+/m0/s1. The van der Waals surface area contributed by atoms with E-state index in [4.69, 9.17) is 0 Å². The van der Waals surface area contributed by atoms with Crippen LogP contribution < -0.4 is 10.6 Å². The maximum Gasteiger partial charge on any atom is 0.243 e. The molecule has 0 saturated heterocycles. The van der Waals surface area contributed by atoms with Crippen molar-refractivity contribution >= 4 is 43.1 Å². The summed E-state index contributed by atoms with van der Waals surface area (Å²) in [5.41, 5.74) is 1.44. The molecule has 0 radical (unpaired) electrons. The van der Waals surface area contributed by atoms with Gasteiger partial charge in [-0.1, -0.05) is 37.3 Å². The monoisotopic (exact) mass is 548 g/mol. The van der Waals surface area contributed by atoms with E-state index >= 15 is 0 Å². The fourth-order valence-electron chi connectivity index (χ4n) is 3.99. The Kier molecular flexibility index (Phi) is 8.79. The van der Waals surface area contributed by atoms with Gasteiger partial charge in [-0.25, -0.2) is 17.8 Å². The van der Waals surface area contributed by atoms with E-state index in [1.165, 1.54) is 27.8 Å². The second-order valence-corrected chi connectivity index (χ2v) is 12.9. The van der Waals surface area contributed by atoms with E-state index in [0.29, 0.717) is 24.4 Å². The molecule has 4 rings (SSSR count). The van der Waals surface area contributed by atoms with Gasteiger partial charge in [-0.2, -0.15) is 4.31 Å². The van der Waals surface area contributed by atoms with Crippen LogP contribution in [0.1, 0.15) is 38.7 Å². The normalized spacial score (nSPS) is 15.7. The van der Waals surface area contributed by atoms with Gasteiger partial charge in [-0.3, -0.25) is 4.79 Å². The predicted octanol–water partition coefficient (Wildman–Crippen LogP) is 3.76. The van der Waals surface area contributed by atoms with Crippen LogP contribution in [0.5, 0.6) is 0 Å². The molecule has 3 N–H and O–H groups in total. The predicted molar refractivity (Wildman–Crippen MR) is 144 cm³/mol. The number of halogens is 1. The number of nitrogens with zero attached hydrogens (tertiary/aromatic N) is 2. The van der Waals surface area contributed by atoms with Crippen LogP contribution in [-0.4, -0.2) is 60.5 Å². The van der Waals surface area contributed by atoms with E-state index in [-0.39, 0.29) is 36.1 Å². The number of anilines is 1. The number of aromatic nitrogens is 1. The van der Waals surface area contributed by atoms with Crippen molar-refractivity contribution in [2.45, 2.75) is 62.6 Å². The second-order valence-electron chi connectivity index (χ2n) is 9.90. The van der Waals surface area contributed by atoms with Crippen molar-refractivity contribution in [3.63, 3.8) is 0 Å². The molecule has 1 fully saturated rings. The van der Waals surface area contributed by atoms with Crippen molar-refractivity contribution in [1.29, 1.82) is 0 Å². The largest absolute Gasteiger partial charge is 0.390 e. The number of amides is 1. The zero-order valence-electron chi connectivity index (χ0n) is 20.9. The quantitative estimate of drug-likeness (QED) is 0.265. The first-order valence-corrected chi connectivity index (χ1v) is 14.7. The molecule has 1 heterocycles. The first-order chi connectivity index (χ1) is 17.7. The molecule has 0 unspecified atom stereocenters. The Bertz CT molecular complexity index is 1310. The number of sulfonamides is 1. The molecule has 1 aliphatic rings. The molecule has 1 saturated carbocycles. The number of nitrogens with one attached hydrogen (secondary N) is 2. The highest BCUT2D eigenvalue weighted by Crippen LogP contribution is 2.32. The molecule has 37 heavy (non-hydrogen) atoms. The van der Waals surface area contributed by atoms with Gasteiger partial charge in [0.25, 0.3) is 0 Å². The molecule has 200 valence electrons. The SMILES string of the molecule is CC(C)CCN(C[C@@H](O)[C@H](Cc1ccc(F)cc1)NC=O)S(=O)(=O)c1ccc2nc(NC3CC3)sc2c1. The van der Waals surface area contributed by atoms with Crippen LogP contribution in [0.4, 0.5) is 9.52 Å². The number of aliphatic hydroxyl groups excluding tert-OH is 1. The summed E-state index contributed by atoms with van der Waals surface area (Å²) >= 11 is 1.42. The Morgan fingerprint density at radius 3 is 2.59 bits per heavy atom. The van der Waals surface area contributed by atoms with Crippen molar-refractivity contribution in [3.05, 3.63) is 53.8 Å². The molecule has 8 nitrogen and oxygen atoms in total. The topological polar surface area (TPSA) is 112 Å². The number of hydrogen-bond donors (Lipinski definition) is 3. The zero-order chi connectivity index (χ0) is 26.6. The van der Waals surface area contributed by atoms with Crippen LogP contribution in [0.2, 0.25) is 0 Å². The Morgan fingerprint density at radius 2 is 1.95 bits per heavy atom. The van der Waals surface area contributed by atoms with Crippen LogP contribution in [0, 0.1) is 11.7 Å². The highest BCUT2D eigenvalue weighted by atomic mass is 32.2. The fraction of sp³-hybridized carbons (Fsp3) is 0.462. The summed E-state index contributed by atoms with van der Waals surface area (Å²) < 4.78 is 42.8. The lowest BCUT2D eigenvalue weighted by atomic mass is 10.0. The Balaban J connectivity index is 1.56. The fourth-order valence-corrected chi connectivity index (χ4v) is 6.55. The van der Waals surface area contributed by atoms with Gasteiger partial charge in [-0.15, -0.1) is 0 Å². The number of carbonyl (C=O) groups excluding carboxylic acids is 1. The number of fused-ring (bicyclic) bond motifs is 1. The molecule has 0 aliphatic heterocycles. The average Bonchev–Trinajstić information content (AvgIpc) is 3.57. The molecule has 1 amide bonds. The molecule has 0 spiro atoms. The molecular formula is C26H33FN4O4S2. The van der Waals surface area contributed by atoms with Crippen LogP contribution in [0.3, 0.4) is 0 Å². The minimum atomic E-state index is -3.95. The number of carbonyl (C=O) groups is 1. The van der Waals surface area contributed by atoms with Crippen LogP contribution >= 0.6 is 11.3 Å². The maximum absolute atomic E-state index is 13.7. The number of rotatable bonds is 14. The maximum atomic E-state index is 13.7. The van der Waals surface area contributed by atoms with Crippen LogP contribution in [-0.2, 0) is 21.2 Å². The van der Waals surface area contributed by atoms with Gasteiger partial charge in [0.15, 0.2) is 5.13 Å². The summed E-state index contributed by atoms with van der Waals surface area (Å²) in [6, 6.07) is 10.3. The molecule has 1 aromatic heterocycles. The highest BCUT2D eigenvalue weighted by molar-refractivity contribution is 7.89. The van der Waals surface area contributed by atoms with Gasteiger partial charge >= 0.3 is 0 Å². The zero-order valence-corrected chi connectivity index (χ0v) is 22.6. The van der Waals surface area contributed by atoms with Crippen molar-refractivity contribution in [3.8, 4) is 0 Å². The summed E-state index contributed by atoms with van der Waals surface area (Å²) in [7, 11) is -3.95. The first kappa shape index (κ1) is 27.4. The summed E-state index contributed by atoms with van der Waals surface area (Å²) in [4.78, 5) is 15.9. The van der Waals surface area contributed by atoms with Gasteiger partial charge in [0.05, 0.1) is 27.3 Å². The molecule has 2 aromatic carbocycles. The number of aliphatic hydroxyl groups is 1. The minimum Gasteiger partial charge on any atom is -0.390 e. The molecular weight excluding hydrogens is 515 g/mol. The van der Waals surface area contributed by atoms with E-state index in [0.717, 1.165) is 28.2 Å². The molecule has 2 atom stereocenters. The Morgan fingerprint density at radius 1 is 1.22 bits per heavy atom. The van der Waals surface area contributed by atoms with Crippen molar-refractivity contribution in [2.75, 3.05) is 18.4 Å². The van der Waals surface area contributed by atoms with E-state index < -0.39 is 22.2 Å². The van der Waals surface area contributed by atoms with E-state index in [1.807, 2.05) is 13.8 Å². The molecule has 3 aromatic rings. The third kappa shape index (κ3) is 7.25. The Labute approximate surface area is 221 Å². The van der Waals surface area contributed by atoms with Gasteiger partial charge in [0.1, 0.15) is 5.82 Å². The number of benzene rings is 2. The van der Waals surface area contributed by atoms with Crippen molar-refractivity contribution in [2.24, 2.45) is 5.92 Å². The smallest absolute Gasteiger partial charge is 0.243 e. The van der Waals surface area contributed by atoms with Gasteiger partial charge in [-0.05, 0) is 67.5 Å². The van der Waals surface area contributed by atoms with Crippen molar-refractivity contribution < 1.29 is 22.7 Å². The highest BCUT2D eigenvalue weighted by Gasteiger charge is 2.30.